The summed E-state index contributed by atoms with van der Waals surface area (Å²) in [6.45, 7) is 3.14. The van der Waals surface area contributed by atoms with Gasteiger partial charge in [-0.15, -0.1) is 0 Å². The van der Waals surface area contributed by atoms with Crippen molar-refractivity contribution in [3.63, 3.8) is 0 Å². The number of carbonyl (C=O) groups is 1. The third-order valence-corrected chi connectivity index (χ3v) is 5.66. The minimum absolute atomic E-state index is 0.0356. The van der Waals surface area contributed by atoms with Crippen LogP contribution in [0.2, 0.25) is 5.02 Å². The normalized spacial score (nSPS) is 10.7. The van der Waals surface area contributed by atoms with Gasteiger partial charge in [-0.05, 0) is 48.9 Å². The van der Waals surface area contributed by atoms with Crippen LogP contribution in [0.15, 0.2) is 67.1 Å². The number of rotatable bonds is 12. The van der Waals surface area contributed by atoms with Crippen LogP contribution in [0, 0.1) is 0 Å². The topological polar surface area (TPSA) is 98.3 Å². The second kappa shape index (κ2) is 12.7. The Morgan fingerprint density at radius 1 is 1.00 bits per heavy atom. The first-order valence-corrected chi connectivity index (χ1v) is 12.2. The number of pyridine rings is 1. The lowest BCUT2D eigenvalue weighted by atomic mass is 10.2. The zero-order chi connectivity index (χ0) is 25.2. The molecular weight excluding hydrogens is 478 g/mol. The monoisotopic (exact) mass is 505 g/mol. The smallest absolute Gasteiger partial charge is 0.220 e. The van der Waals surface area contributed by atoms with Crippen molar-refractivity contribution in [1.82, 2.24) is 20.3 Å². The van der Waals surface area contributed by atoms with Crippen LogP contribution in [0.5, 0.6) is 11.5 Å². The quantitative estimate of drug-likeness (QED) is 0.239. The van der Waals surface area contributed by atoms with Crippen molar-refractivity contribution in [2.24, 2.45) is 0 Å². The van der Waals surface area contributed by atoms with E-state index in [0.29, 0.717) is 48.5 Å². The highest BCUT2D eigenvalue weighted by molar-refractivity contribution is 6.32. The first-order valence-electron chi connectivity index (χ1n) is 11.9. The number of amides is 1. The molecule has 1 amide bonds. The highest BCUT2D eigenvalue weighted by Crippen LogP contribution is 2.34. The molecule has 2 heterocycles. The molecule has 186 valence electrons. The number of halogens is 1. The Morgan fingerprint density at radius 3 is 2.72 bits per heavy atom. The van der Waals surface area contributed by atoms with E-state index in [9.17, 15) is 4.79 Å². The third-order valence-electron chi connectivity index (χ3n) is 5.36. The van der Waals surface area contributed by atoms with Gasteiger partial charge >= 0.3 is 0 Å². The van der Waals surface area contributed by atoms with Gasteiger partial charge in [-0.3, -0.25) is 9.78 Å². The van der Waals surface area contributed by atoms with E-state index in [1.165, 1.54) is 6.33 Å². The van der Waals surface area contributed by atoms with Crippen LogP contribution in [0.3, 0.4) is 0 Å². The fourth-order valence-corrected chi connectivity index (χ4v) is 3.77. The average Bonchev–Trinajstić information content (AvgIpc) is 2.90. The number of fused-ring (bicyclic) bond motifs is 1. The highest BCUT2D eigenvalue weighted by atomic mass is 35.5. The number of anilines is 2. The molecule has 2 aromatic heterocycles. The Bertz CT molecular complexity index is 1300. The third kappa shape index (κ3) is 6.82. The zero-order valence-corrected chi connectivity index (χ0v) is 20.8. The van der Waals surface area contributed by atoms with Crippen molar-refractivity contribution >= 4 is 39.9 Å². The lowest BCUT2D eigenvalue weighted by Gasteiger charge is -2.14. The van der Waals surface area contributed by atoms with Crippen molar-refractivity contribution in [1.29, 1.82) is 0 Å². The number of ether oxygens (including phenoxy) is 2. The molecule has 0 unspecified atom stereocenters. The van der Waals surface area contributed by atoms with Crippen molar-refractivity contribution in [3.05, 3.63) is 77.8 Å². The second-order valence-corrected chi connectivity index (χ2v) is 8.46. The molecule has 2 aromatic carbocycles. The van der Waals surface area contributed by atoms with E-state index in [2.05, 4.69) is 32.5 Å². The van der Waals surface area contributed by atoms with Crippen LogP contribution in [-0.2, 0) is 11.4 Å². The largest absolute Gasteiger partial charge is 0.491 e. The van der Waals surface area contributed by atoms with Crippen LogP contribution in [-0.4, -0.2) is 34.0 Å². The van der Waals surface area contributed by atoms with Gasteiger partial charge in [0.25, 0.3) is 0 Å². The van der Waals surface area contributed by atoms with E-state index in [1.54, 1.807) is 18.3 Å². The van der Waals surface area contributed by atoms with E-state index in [0.717, 1.165) is 35.1 Å². The standard InChI is InChI=1S/C27H28ClN5O3/c1-2-3-10-25(34)30-14-15-35-24-9-6-8-22-26(24)27(32-18-31-22)33-19-11-12-23(21(28)16-19)36-17-20-7-4-5-13-29-20/h4-9,11-13,16,18H,2-3,10,14-15,17H2,1H3,(H,30,34)(H,31,32,33). The first kappa shape index (κ1) is 25.2. The van der Waals surface area contributed by atoms with Gasteiger partial charge in [0.15, 0.2) is 0 Å². The number of carbonyl (C=O) groups excluding carboxylic acids is 1. The van der Waals surface area contributed by atoms with Crippen LogP contribution < -0.4 is 20.1 Å². The maximum Gasteiger partial charge on any atom is 0.220 e. The fourth-order valence-electron chi connectivity index (χ4n) is 3.54. The molecule has 0 radical (unpaired) electrons. The predicted molar refractivity (Wildman–Crippen MR) is 141 cm³/mol. The summed E-state index contributed by atoms with van der Waals surface area (Å²) >= 11 is 6.48. The summed E-state index contributed by atoms with van der Waals surface area (Å²) in [5.41, 5.74) is 2.29. The van der Waals surface area contributed by atoms with Crippen molar-refractivity contribution < 1.29 is 14.3 Å². The van der Waals surface area contributed by atoms with Crippen LogP contribution in [0.25, 0.3) is 10.9 Å². The molecule has 0 aliphatic rings. The van der Waals surface area contributed by atoms with Gasteiger partial charge in [-0.25, -0.2) is 9.97 Å². The Kier molecular flexibility index (Phi) is 8.88. The molecule has 0 saturated heterocycles. The number of hydrogen-bond donors (Lipinski definition) is 2. The van der Waals surface area contributed by atoms with Crippen molar-refractivity contribution in [2.45, 2.75) is 32.8 Å². The summed E-state index contributed by atoms with van der Waals surface area (Å²) in [7, 11) is 0. The summed E-state index contributed by atoms with van der Waals surface area (Å²) < 4.78 is 11.8. The number of unbranched alkanes of at least 4 members (excludes halogenated alkanes) is 1. The molecule has 0 aliphatic carbocycles. The predicted octanol–water partition coefficient (Wildman–Crippen LogP) is 5.69. The fraction of sp³-hybridized carbons (Fsp3) is 0.259. The van der Waals surface area contributed by atoms with E-state index in [4.69, 9.17) is 21.1 Å². The minimum Gasteiger partial charge on any atom is -0.491 e. The number of benzene rings is 2. The maximum absolute atomic E-state index is 11.8. The van der Waals surface area contributed by atoms with Gasteiger partial charge in [0.2, 0.25) is 5.91 Å². The summed E-state index contributed by atoms with van der Waals surface area (Å²) in [6, 6.07) is 16.7. The molecule has 0 spiro atoms. The number of hydrogen-bond acceptors (Lipinski definition) is 7. The molecule has 0 bridgehead atoms. The molecule has 36 heavy (non-hydrogen) atoms. The molecule has 4 aromatic rings. The molecule has 0 saturated carbocycles. The zero-order valence-electron chi connectivity index (χ0n) is 20.0. The second-order valence-electron chi connectivity index (χ2n) is 8.05. The van der Waals surface area contributed by atoms with Crippen LogP contribution in [0.4, 0.5) is 11.5 Å². The molecule has 0 atom stereocenters. The first-order chi connectivity index (χ1) is 17.6. The number of nitrogens with one attached hydrogen (secondary N) is 2. The Morgan fingerprint density at radius 2 is 1.92 bits per heavy atom. The Labute approximate surface area is 215 Å². The molecule has 2 N–H and O–H groups in total. The van der Waals surface area contributed by atoms with Gasteiger partial charge in [0.1, 0.15) is 36.9 Å². The highest BCUT2D eigenvalue weighted by Gasteiger charge is 2.12. The SMILES string of the molecule is CCCCC(=O)NCCOc1cccc2ncnc(Nc3ccc(OCc4ccccn4)c(Cl)c3)c12. The van der Waals surface area contributed by atoms with E-state index < -0.39 is 0 Å². The van der Waals surface area contributed by atoms with E-state index in [1.807, 2.05) is 42.5 Å². The summed E-state index contributed by atoms with van der Waals surface area (Å²) in [5, 5.41) is 7.39. The van der Waals surface area contributed by atoms with E-state index >= 15 is 0 Å². The van der Waals surface area contributed by atoms with Gasteiger partial charge in [0, 0.05) is 18.3 Å². The maximum atomic E-state index is 11.8. The molecule has 0 aliphatic heterocycles. The van der Waals surface area contributed by atoms with Crippen molar-refractivity contribution in [3.8, 4) is 11.5 Å². The summed E-state index contributed by atoms with van der Waals surface area (Å²) in [4.78, 5) is 24.9. The lowest BCUT2D eigenvalue weighted by Crippen LogP contribution is -2.27. The lowest BCUT2D eigenvalue weighted by molar-refractivity contribution is -0.121. The van der Waals surface area contributed by atoms with Gasteiger partial charge < -0.3 is 20.1 Å². The summed E-state index contributed by atoms with van der Waals surface area (Å²) in [6.07, 6.45) is 5.61. The van der Waals surface area contributed by atoms with Gasteiger partial charge in [-0.2, -0.15) is 0 Å². The van der Waals surface area contributed by atoms with Crippen LogP contribution in [0.1, 0.15) is 31.9 Å². The molecular formula is C27H28ClN5O3. The van der Waals surface area contributed by atoms with Gasteiger partial charge in [-0.1, -0.05) is 37.1 Å². The average molecular weight is 506 g/mol. The molecule has 9 heteroatoms. The molecule has 0 fully saturated rings. The molecule has 4 rings (SSSR count). The van der Waals surface area contributed by atoms with Crippen molar-refractivity contribution in [2.75, 3.05) is 18.5 Å². The van der Waals surface area contributed by atoms with Crippen LogP contribution >= 0.6 is 11.6 Å². The Hall–Kier alpha value is -3.91. The minimum atomic E-state index is 0.0356. The number of aromatic nitrogens is 3. The van der Waals surface area contributed by atoms with E-state index in [-0.39, 0.29) is 5.91 Å². The molecule has 8 nitrogen and oxygen atoms in total. The van der Waals surface area contributed by atoms with Gasteiger partial charge in [0.05, 0.1) is 28.2 Å². The number of nitrogens with zero attached hydrogens (tertiary/aromatic N) is 3. The summed E-state index contributed by atoms with van der Waals surface area (Å²) in [5.74, 6) is 1.81. The Balaban J connectivity index is 1.44.